The average Bonchev–Trinajstić information content (AvgIpc) is 2.75. The molecule has 0 radical (unpaired) electrons. The molecule has 0 aromatic carbocycles. The van der Waals surface area contributed by atoms with Crippen molar-refractivity contribution < 1.29 is 14.3 Å². The van der Waals surface area contributed by atoms with Crippen LogP contribution < -0.4 is 0 Å². The molecule has 0 unspecified atom stereocenters. The number of nitrogens with zero attached hydrogens (tertiary/aromatic N) is 2. The number of hydrogen-bond donors (Lipinski definition) is 1. The minimum absolute atomic E-state index is 0.240. The number of aryl methyl sites for hydroxylation is 2. The molecule has 19 heavy (non-hydrogen) atoms. The molecule has 2 rings (SSSR count). The molecule has 0 saturated heterocycles. The fourth-order valence-corrected chi connectivity index (χ4v) is 2.40. The maximum atomic E-state index is 11.1. The van der Waals surface area contributed by atoms with Gasteiger partial charge in [0, 0.05) is 5.69 Å². The van der Waals surface area contributed by atoms with E-state index in [0.29, 0.717) is 10.2 Å². The average molecular weight is 278 g/mol. The molecular formula is C13H14N2O3S. The van der Waals surface area contributed by atoms with Crippen molar-refractivity contribution in [3.63, 3.8) is 0 Å². The van der Waals surface area contributed by atoms with Gasteiger partial charge in [-0.15, -0.1) is 0 Å². The molecule has 2 heterocycles. The molecule has 2 aromatic rings. The van der Waals surface area contributed by atoms with Crippen LogP contribution in [0.5, 0.6) is 0 Å². The van der Waals surface area contributed by atoms with Gasteiger partial charge in [0.05, 0.1) is 11.3 Å². The Bertz CT molecular complexity index is 595. The van der Waals surface area contributed by atoms with Crippen LogP contribution in [0.4, 0.5) is 0 Å². The van der Waals surface area contributed by atoms with E-state index in [2.05, 4.69) is 9.97 Å². The summed E-state index contributed by atoms with van der Waals surface area (Å²) in [4.78, 5) is 19.7. The highest BCUT2D eigenvalue weighted by Crippen LogP contribution is 2.26. The Morgan fingerprint density at radius 3 is 2.79 bits per heavy atom. The molecule has 0 aliphatic carbocycles. The number of carboxylic acid groups (broad SMARTS) is 1. The van der Waals surface area contributed by atoms with Gasteiger partial charge in [-0.2, -0.15) is 0 Å². The van der Waals surface area contributed by atoms with Crippen LogP contribution >= 0.6 is 11.8 Å². The molecular weight excluding hydrogens is 264 g/mol. The standard InChI is InChI=1S/C13H14N2O3S/c1-3-4-10-5-9(12(16)17)6-11(15-10)19-13-14-8(2)7-18-13/h5-7H,3-4H2,1-2H3,(H,16,17). The first-order valence-electron chi connectivity index (χ1n) is 5.92. The fourth-order valence-electron chi connectivity index (χ4n) is 1.59. The van der Waals surface area contributed by atoms with E-state index in [1.807, 2.05) is 13.8 Å². The highest BCUT2D eigenvalue weighted by molar-refractivity contribution is 7.99. The zero-order valence-corrected chi connectivity index (χ0v) is 11.5. The van der Waals surface area contributed by atoms with E-state index in [1.165, 1.54) is 17.8 Å². The van der Waals surface area contributed by atoms with Gasteiger partial charge in [-0.25, -0.2) is 14.8 Å². The number of carbonyl (C=O) groups is 1. The van der Waals surface area contributed by atoms with Crippen molar-refractivity contribution in [1.29, 1.82) is 0 Å². The number of rotatable bonds is 5. The van der Waals surface area contributed by atoms with E-state index in [0.717, 1.165) is 24.2 Å². The van der Waals surface area contributed by atoms with Gasteiger partial charge in [0.15, 0.2) is 0 Å². The summed E-state index contributed by atoms with van der Waals surface area (Å²) in [5, 5.41) is 10.2. The Labute approximate surface area is 115 Å². The van der Waals surface area contributed by atoms with Crippen molar-refractivity contribution in [3.05, 3.63) is 35.3 Å². The first-order chi connectivity index (χ1) is 9.08. The second-order valence-electron chi connectivity index (χ2n) is 4.10. The van der Waals surface area contributed by atoms with Gasteiger partial charge in [0.2, 0.25) is 0 Å². The predicted molar refractivity (Wildman–Crippen MR) is 70.6 cm³/mol. The summed E-state index contributed by atoms with van der Waals surface area (Å²) in [5.74, 6) is -0.954. The van der Waals surface area contributed by atoms with Gasteiger partial charge in [-0.3, -0.25) is 0 Å². The van der Waals surface area contributed by atoms with Crippen molar-refractivity contribution in [1.82, 2.24) is 9.97 Å². The molecule has 2 aromatic heterocycles. The highest BCUT2D eigenvalue weighted by Gasteiger charge is 2.11. The van der Waals surface area contributed by atoms with Crippen LogP contribution in [0.15, 0.2) is 33.1 Å². The first kappa shape index (κ1) is 13.6. The lowest BCUT2D eigenvalue weighted by molar-refractivity contribution is 0.0696. The van der Waals surface area contributed by atoms with Crippen molar-refractivity contribution in [3.8, 4) is 0 Å². The van der Waals surface area contributed by atoms with Gasteiger partial charge in [0.25, 0.3) is 5.22 Å². The lowest BCUT2D eigenvalue weighted by atomic mass is 10.2. The molecule has 6 heteroatoms. The smallest absolute Gasteiger partial charge is 0.335 e. The van der Waals surface area contributed by atoms with Gasteiger partial charge >= 0.3 is 5.97 Å². The molecule has 1 N–H and O–H groups in total. The third-order valence-corrected chi connectivity index (χ3v) is 3.18. The van der Waals surface area contributed by atoms with E-state index in [-0.39, 0.29) is 5.56 Å². The van der Waals surface area contributed by atoms with Crippen LogP contribution in [0.25, 0.3) is 0 Å². The van der Waals surface area contributed by atoms with Crippen LogP contribution in [0.3, 0.4) is 0 Å². The number of aromatic nitrogens is 2. The third kappa shape index (κ3) is 3.57. The number of pyridine rings is 1. The quantitative estimate of drug-likeness (QED) is 0.905. The normalized spacial score (nSPS) is 10.6. The number of hydrogen-bond acceptors (Lipinski definition) is 5. The minimum Gasteiger partial charge on any atom is -0.478 e. The molecule has 0 spiro atoms. The van der Waals surface area contributed by atoms with Crippen molar-refractivity contribution in [2.45, 2.75) is 36.9 Å². The number of carboxylic acids is 1. The summed E-state index contributed by atoms with van der Waals surface area (Å²) < 4.78 is 5.23. The number of oxazole rings is 1. The van der Waals surface area contributed by atoms with Crippen LogP contribution in [0, 0.1) is 6.92 Å². The van der Waals surface area contributed by atoms with Crippen molar-refractivity contribution in [2.24, 2.45) is 0 Å². The van der Waals surface area contributed by atoms with E-state index >= 15 is 0 Å². The van der Waals surface area contributed by atoms with Gasteiger partial charge in [0.1, 0.15) is 11.3 Å². The van der Waals surface area contributed by atoms with Crippen LogP contribution in [-0.2, 0) is 6.42 Å². The lowest BCUT2D eigenvalue weighted by Crippen LogP contribution is -2.01. The Balaban J connectivity index is 2.30. The topological polar surface area (TPSA) is 76.2 Å². The Hall–Kier alpha value is -1.82. The van der Waals surface area contributed by atoms with E-state index in [1.54, 1.807) is 12.3 Å². The van der Waals surface area contributed by atoms with Gasteiger partial charge in [-0.1, -0.05) is 13.3 Å². The zero-order chi connectivity index (χ0) is 13.8. The summed E-state index contributed by atoms with van der Waals surface area (Å²) >= 11 is 1.23. The van der Waals surface area contributed by atoms with Gasteiger partial charge < -0.3 is 9.52 Å². The summed E-state index contributed by atoms with van der Waals surface area (Å²) in [6.07, 6.45) is 3.22. The molecule has 0 aliphatic heterocycles. The summed E-state index contributed by atoms with van der Waals surface area (Å²) in [6.45, 7) is 3.86. The molecule has 0 fully saturated rings. The molecule has 0 amide bonds. The second-order valence-corrected chi connectivity index (χ2v) is 5.07. The van der Waals surface area contributed by atoms with Gasteiger partial charge in [-0.05, 0) is 37.2 Å². The molecule has 0 saturated carbocycles. The molecule has 0 bridgehead atoms. The highest BCUT2D eigenvalue weighted by atomic mass is 32.2. The summed E-state index contributed by atoms with van der Waals surface area (Å²) in [6, 6.07) is 3.14. The SMILES string of the molecule is CCCc1cc(C(=O)O)cc(Sc2nc(C)co2)n1. The molecule has 5 nitrogen and oxygen atoms in total. The van der Waals surface area contributed by atoms with Crippen LogP contribution in [0.2, 0.25) is 0 Å². The molecule has 0 aliphatic rings. The predicted octanol–water partition coefficient (Wildman–Crippen LogP) is 3.18. The Morgan fingerprint density at radius 1 is 1.42 bits per heavy atom. The van der Waals surface area contributed by atoms with Crippen LogP contribution in [-0.4, -0.2) is 21.0 Å². The van der Waals surface area contributed by atoms with E-state index in [9.17, 15) is 4.79 Å². The monoisotopic (exact) mass is 278 g/mol. The van der Waals surface area contributed by atoms with Crippen LogP contribution in [0.1, 0.15) is 35.1 Å². The lowest BCUT2D eigenvalue weighted by Gasteiger charge is -2.04. The maximum Gasteiger partial charge on any atom is 0.335 e. The fraction of sp³-hybridized carbons (Fsp3) is 0.308. The maximum absolute atomic E-state index is 11.1. The summed E-state index contributed by atoms with van der Waals surface area (Å²) in [7, 11) is 0. The third-order valence-electron chi connectivity index (χ3n) is 2.40. The van der Waals surface area contributed by atoms with Crippen molar-refractivity contribution >= 4 is 17.7 Å². The largest absolute Gasteiger partial charge is 0.478 e. The van der Waals surface area contributed by atoms with E-state index in [4.69, 9.17) is 9.52 Å². The van der Waals surface area contributed by atoms with E-state index < -0.39 is 5.97 Å². The molecule has 100 valence electrons. The number of aromatic carboxylic acids is 1. The first-order valence-corrected chi connectivity index (χ1v) is 6.74. The Kier molecular flexibility index (Phi) is 4.21. The molecule has 0 atom stereocenters. The van der Waals surface area contributed by atoms with Crippen molar-refractivity contribution in [2.75, 3.05) is 0 Å². The second kappa shape index (κ2) is 5.88. The summed E-state index contributed by atoms with van der Waals surface area (Å²) in [5.41, 5.74) is 1.79. The minimum atomic E-state index is -0.954. The Morgan fingerprint density at radius 2 is 2.21 bits per heavy atom. The zero-order valence-electron chi connectivity index (χ0n) is 10.7.